The average Bonchev–Trinajstić information content (AvgIpc) is 2.81. The summed E-state index contributed by atoms with van der Waals surface area (Å²) in [6.07, 6.45) is -3.94. The third-order valence-corrected chi connectivity index (χ3v) is 2.78. The molecule has 0 amide bonds. The Labute approximate surface area is 91.6 Å². The fraction of sp³-hybridized carbons (Fsp3) is 0.455. The lowest BCUT2D eigenvalue weighted by Crippen LogP contribution is -2.38. The number of nitrogens with two attached hydrogens (primary N) is 1. The van der Waals surface area contributed by atoms with E-state index in [9.17, 15) is 13.2 Å². The van der Waals surface area contributed by atoms with Gasteiger partial charge in [-0.1, -0.05) is 0 Å². The molecule has 0 radical (unpaired) electrons. The minimum atomic E-state index is -4.20. The van der Waals surface area contributed by atoms with E-state index >= 15 is 0 Å². The van der Waals surface area contributed by atoms with Crippen LogP contribution in [0.25, 0.3) is 0 Å². The molecule has 0 unspecified atom stereocenters. The van der Waals surface area contributed by atoms with E-state index < -0.39 is 11.7 Å². The van der Waals surface area contributed by atoms with Crippen molar-refractivity contribution in [2.75, 3.05) is 11.1 Å². The zero-order valence-electron chi connectivity index (χ0n) is 8.86. The molecule has 0 spiro atoms. The van der Waals surface area contributed by atoms with Crippen molar-refractivity contribution in [2.24, 2.45) is 0 Å². The number of benzene rings is 1. The second-order valence-electron chi connectivity index (χ2n) is 4.34. The Morgan fingerprint density at radius 1 is 1.25 bits per heavy atom. The predicted molar refractivity (Wildman–Crippen MR) is 57.2 cm³/mol. The molecule has 0 saturated heterocycles. The van der Waals surface area contributed by atoms with Crippen LogP contribution in [0.3, 0.4) is 0 Å². The Balaban J connectivity index is 2.22. The Kier molecular flexibility index (Phi) is 2.29. The number of anilines is 2. The van der Waals surface area contributed by atoms with Crippen LogP contribution in [-0.4, -0.2) is 11.7 Å². The number of halogens is 3. The Morgan fingerprint density at radius 2 is 1.88 bits per heavy atom. The van der Waals surface area contributed by atoms with Crippen LogP contribution in [-0.2, 0) is 0 Å². The van der Waals surface area contributed by atoms with E-state index in [0.717, 1.165) is 5.56 Å². The SMILES string of the molecule is Cc1cc(N)cc(NC2(C(F)(F)F)CC2)c1. The van der Waals surface area contributed by atoms with Crippen molar-refractivity contribution in [3.05, 3.63) is 23.8 Å². The van der Waals surface area contributed by atoms with Gasteiger partial charge in [0.25, 0.3) is 0 Å². The van der Waals surface area contributed by atoms with E-state index in [0.29, 0.717) is 11.4 Å². The van der Waals surface area contributed by atoms with Crippen LogP contribution in [0.4, 0.5) is 24.5 Å². The molecule has 1 aliphatic rings. The summed E-state index contributed by atoms with van der Waals surface area (Å²) in [4.78, 5) is 0. The first kappa shape index (κ1) is 11.1. The highest BCUT2D eigenvalue weighted by molar-refractivity contribution is 5.59. The number of nitrogens with one attached hydrogen (secondary N) is 1. The summed E-state index contributed by atoms with van der Waals surface area (Å²) in [6, 6.07) is 4.92. The average molecular weight is 230 g/mol. The summed E-state index contributed by atoms with van der Waals surface area (Å²) in [5, 5.41) is 2.55. The Bertz CT molecular complexity index is 388. The van der Waals surface area contributed by atoms with Crippen LogP contribution in [0.2, 0.25) is 0 Å². The molecule has 2 nitrogen and oxygen atoms in total. The number of alkyl halides is 3. The molecule has 0 aliphatic heterocycles. The van der Waals surface area contributed by atoms with E-state index in [4.69, 9.17) is 5.73 Å². The third-order valence-electron chi connectivity index (χ3n) is 2.78. The van der Waals surface area contributed by atoms with Gasteiger partial charge in [0.2, 0.25) is 0 Å². The Hall–Kier alpha value is -1.39. The van der Waals surface area contributed by atoms with Gasteiger partial charge >= 0.3 is 6.18 Å². The Morgan fingerprint density at radius 3 is 2.31 bits per heavy atom. The first-order chi connectivity index (χ1) is 7.32. The molecule has 0 bridgehead atoms. The number of nitrogen functional groups attached to an aromatic ring is 1. The molecule has 5 heteroatoms. The molecule has 0 atom stereocenters. The highest BCUT2D eigenvalue weighted by atomic mass is 19.4. The largest absolute Gasteiger partial charge is 0.411 e. The maximum Gasteiger partial charge on any atom is 0.411 e. The van der Waals surface area contributed by atoms with Crippen molar-refractivity contribution >= 4 is 11.4 Å². The predicted octanol–water partition coefficient (Wildman–Crippen LogP) is 3.08. The standard InChI is InChI=1S/C11H13F3N2/c1-7-4-8(15)6-9(5-7)16-10(2-3-10)11(12,13)14/h4-6,16H,2-3,15H2,1H3. The molecule has 1 saturated carbocycles. The van der Waals surface area contributed by atoms with Crippen LogP contribution in [0, 0.1) is 6.92 Å². The summed E-state index contributed by atoms with van der Waals surface area (Å²) in [5.41, 5.74) is 5.62. The van der Waals surface area contributed by atoms with Gasteiger partial charge < -0.3 is 11.1 Å². The van der Waals surface area contributed by atoms with Crippen molar-refractivity contribution in [2.45, 2.75) is 31.5 Å². The quantitative estimate of drug-likeness (QED) is 0.766. The first-order valence-corrected chi connectivity index (χ1v) is 5.04. The summed E-state index contributed by atoms with van der Waals surface area (Å²) in [6.45, 7) is 1.80. The van der Waals surface area contributed by atoms with Crippen molar-refractivity contribution in [1.82, 2.24) is 0 Å². The van der Waals surface area contributed by atoms with Crippen molar-refractivity contribution in [3.8, 4) is 0 Å². The maximum absolute atomic E-state index is 12.7. The van der Waals surface area contributed by atoms with Gasteiger partial charge in [0.05, 0.1) is 0 Å². The molecule has 1 fully saturated rings. The molecule has 2 rings (SSSR count). The zero-order chi connectivity index (χ0) is 12.0. The van der Waals surface area contributed by atoms with Gasteiger partial charge in [-0.05, 0) is 43.5 Å². The van der Waals surface area contributed by atoms with E-state index in [2.05, 4.69) is 5.32 Å². The topological polar surface area (TPSA) is 38.0 Å². The smallest absolute Gasteiger partial charge is 0.399 e. The molecule has 88 valence electrons. The highest BCUT2D eigenvalue weighted by Gasteiger charge is 2.63. The van der Waals surface area contributed by atoms with Gasteiger partial charge in [-0.25, -0.2) is 0 Å². The van der Waals surface area contributed by atoms with Crippen LogP contribution in [0.5, 0.6) is 0 Å². The zero-order valence-corrected chi connectivity index (χ0v) is 8.86. The molecule has 1 aliphatic carbocycles. The summed E-state index contributed by atoms with van der Waals surface area (Å²) in [5.74, 6) is 0. The number of rotatable bonds is 2. The van der Waals surface area contributed by atoms with Crippen molar-refractivity contribution in [3.63, 3.8) is 0 Å². The van der Waals surface area contributed by atoms with Gasteiger partial charge in [-0.3, -0.25) is 0 Å². The van der Waals surface area contributed by atoms with E-state index in [-0.39, 0.29) is 12.8 Å². The van der Waals surface area contributed by atoms with Gasteiger partial charge in [0, 0.05) is 11.4 Å². The fourth-order valence-electron chi connectivity index (χ4n) is 1.77. The molecule has 16 heavy (non-hydrogen) atoms. The van der Waals surface area contributed by atoms with Gasteiger partial charge in [0.15, 0.2) is 0 Å². The molecule has 3 N–H and O–H groups in total. The number of hydrogen-bond donors (Lipinski definition) is 2. The molecule has 0 aromatic heterocycles. The first-order valence-electron chi connectivity index (χ1n) is 5.04. The van der Waals surface area contributed by atoms with Crippen LogP contribution >= 0.6 is 0 Å². The van der Waals surface area contributed by atoms with Crippen LogP contribution in [0.1, 0.15) is 18.4 Å². The lowest BCUT2D eigenvalue weighted by Gasteiger charge is -2.22. The highest BCUT2D eigenvalue weighted by Crippen LogP contribution is 2.51. The molecule has 1 aromatic carbocycles. The molecule has 0 heterocycles. The monoisotopic (exact) mass is 230 g/mol. The van der Waals surface area contributed by atoms with Crippen molar-refractivity contribution in [1.29, 1.82) is 0 Å². The fourth-order valence-corrected chi connectivity index (χ4v) is 1.77. The lowest BCUT2D eigenvalue weighted by molar-refractivity contribution is -0.151. The molecular formula is C11H13F3N2. The minimum Gasteiger partial charge on any atom is -0.399 e. The normalized spacial score (nSPS) is 18.2. The second-order valence-corrected chi connectivity index (χ2v) is 4.34. The number of hydrogen-bond acceptors (Lipinski definition) is 2. The molecule has 1 aromatic rings. The minimum absolute atomic E-state index is 0.129. The number of aryl methyl sites for hydroxylation is 1. The van der Waals surface area contributed by atoms with Gasteiger partial charge in [-0.15, -0.1) is 0 Å². The summed E-state index contributed by atoms with van der Waals surface area (Å²) >= 11 is 0. The third kappa shape index (κ3) is 1.94. The van der Waals surface area contributed by atoms with E-state index in [1.165, 1.54) is 6.07 Å². The van der Waals surface area contributed by atoms with Gasteiger partial charge in [0.1, 0.15) is 5.54 Å². The van der Waals surface area contributed by atoms with Crippen LogP contribution < -0.4 is 11.1 Å². The molecular weight excluding hydrogens is 217 g/mol. The van der Waals surface area contributed by atoms with Crippen molar-refractivity contribution < 1.29 is 13.2 Å². The summed E-state index contributed by atoms with van der Waals surface area (Å²) < 4.78 is 38.1. The van der Waals surface area contributed by atoms with Crippen LogP contribution in [0.15, 0.2) is 18.2 Å². The summed E-state index contributed by atoms with van der Waals surface area (Å²) in [7, 11) is 0. The lowest BCUT2D eigenvalue weighted by atomic mass is 10.1. The second kappa shape index (κ2) is 3.30. The van der Waals surface area contributed by atoms with Gasteiger partial charge in [-0.2, -0.15) is 13.2 Å². The van der Waals surface area contributed by atoms with E-state index in [1.807, 2.05) is 0 Å². The maximum atomic E-state index is 12.7. The van der Waals surface area contributed by atoms with E-state index in [1.54, 1.807) is 19.1 Å².